The number of thiophene rings is 1. The standard InChI is InChI=1S/C19H18BrF3N4OS/c1-2-11-5-3-7-26(10-11)18(28)16-15(20)17-24-12(13-6-4-8-29-13)9-14(19(21,22)23)27(17)25-16/h4,6,8-9,11H,2-3,5,7,10H2,1H3. The van der Waals surface area contributed by atoms with Crippen molar-refractivity contribution in [1.29, 1.82) is 0 Å². The Morgan fingerprint density at radius 3 is 2.86 bits per heavy atom. The first-order chi connectivity index (χ1) is 13.8. The summed E-state index contributed by atoms with van der Waals surface area (Å²) in [6, 6.07) is 4.43. The number of hydrogen-bond donors (Lipinski definition) is 0. The highest BCUT2D eigenvalue weighted by Gasteiger charge is 2.37. The summed E-state index contributed by atoms with van der Waals surface area (Å²) in [6.45, 7) is 3.25. The molecule has 3 aromatic rings. The van der Waals surface area contributed by atoms with Crippen molar-refractivity contribution in [3.63, 3.8) is 0 Å². The number of alkyl halides is 3. The normalized spacial score (nSPS) is 17.8. The van der Waals surface area contributed by atoms with Crippen LogP contribution in [-0.4, -0.2) is 38.5 Å². The Balaban J connectivity index is 1.83. The number of piperidine rings is 1. The first kappa shape index (κ1) is 20.3. The van der Waals surface area contributed by atoms with Crippen LogP contribution in [0.5, 0.6) is 0 Å². The third-order valence-corrected chi connectivity index (χ3v) is 6.81. The zero-order chi connectivity index (χ0) is 20.8. The number of halogens is 4. The lowest BCUT2D eigenvalue weighted by Crippen LogP contribution is -2.40. The molecule has 0 radical (unpaired) electrons. The van der Waals surface area contributed by atoms with E-state index in [0.29, 0.717) is 23.9 Å². The molecule has 1 saturated heterocycles. The van der Waals surface area contributed by atoms with E-state index >= 15 is 0 Å². The lowest BCUT2D eigenvalue weighted by Gasteiger charge is -2.31. The molecule has 4 heterocycles. The molecule has 1 fully saturated rings. The van der Waals surface area contributed by atoms with E-state index in [4.69, 9.17) is 0 Å². The molecule has 0 bridgehead atoms. The number of carbonyl (C=O) groups is 1. The lowest BCUT2D eigenvalue weighted by atomic mass is 9.95. The second-order valence-corrected chi connectivity index (χ2v) is 8.81. The van der Waals surface area contributed by atoms with Gasteiger partial charge in [-0.15, -0.1) is 11.3 Å². The van der Waals surface area contributed by atoms with Gasteiger partial charge in [-0.3, -0.25) is 4.79 Å². The number of hydrogen-bond acceptors (Lipinski definition) is 4. The summed E-state index contributed by atoms with van der Waals surface area (Å²) in [6.07, 6.45) is -1.75. The number of fused-ring (bicyclic) bond motifs is 1. The molecule has 0 aromatic carbocycles. The highest BCUT2D eigenvalue weighted by Crippen LogP contribution is 2.36. The molecule has 0 N–H and O–H groups in total. The van der Waals surface area contributed by atoms with Gasteiger partial charge in [0.2, 0.25) is 0 Å². The SMILES string of the molecule is CCC1CCCN(C(=O)c2nn3c(C(F)(F)F)cc(-c4cccs4)nc3c2Br)C1. The van der Waals surface area contributed by atoms with Crippen molar-refractivity contribution in [3.8, 4) is 10.6 Å². The van der Waals surface area contributed by atoms with Crippen molar-refractivity contribution in [2.45, 2.75) is 32.4 Å². The van der Waals surface area contributed by atoms with Crippen molar-refractivity contribution in [3.05, 3.63) is 39.4 Å². The molecule has 154 valence electrons. The summed E-state index contributed by atoms with van der Waals surface area (Å²) >= 11 is 4.59. The zero-order valence-corrected chi connectivity index (χ0v) is 17.9. The smallest absolute Gasteiger partial charge is 0.337 e. The second kappa shape index (κ2) is 7.71. The Hall–Kier alpha value is -1.94. The maximum atomic E-state index is 13.7. The van der Waals surface area contributed by atoms with Gasteiger partial charge in [-0.1, -0.05) is 19.4 Å². The number of rotatable bonds is 3. The van der Waals surface area contributed by atoms with Crippen molar-refractivity contribution < 1.29 is 18.0 Å². The summed E-state index contributed by atoms with van der Waals surface area (Å²) in [5.41, 5.74) is -0.821. The van der Waals surface area contributed by atoms with Gasteiger partial charge in [-0.2, -0.15) is 18.3 Å². The molecule has 29 heavy (non-hydrogen) atoms. The van der Waals surface area contributed by atoms with Crippen LogP contribution in [-0.2, 0) is 6.18 Å². The monoisotopic (exact) mass is 486 g/mol. The Kier molecular flexibility index (Phi) is 5.41. The highest BCUT2D eigenvalue weighted by molar-refractivity contribution is 9.10. The van der Waals surface area contributed by atoms with Crippen LogP contribution in [0.3, 0.4) is 0 Å². The fourth-order valence-corrected chi connectivity index (χ4v) is 4.80. The van der Waals surface area contributed by atoms with Crippen LogP contribution >= 0.6 is 27.3 Å². The topological polar surface area (TPSA) is 50.5 Å². The predicted molar refractivity (Wildman–Crippen MR) is 108 cm³/mol. The lowest BCUT2D eigenvalue weighted by molar-refractivity contribution is -0.142. The molecular formula is C19H18BrF3N4OS. The van der Waals surface area contributed by atoms with Crippen molar-refractivity contribution in [1.82, 2.24) is 19.5 Å². The molecule has 1 aliphatic heterocycles. The summed E-state index contributed by atoms with van der Waals surface area (Å²) < 4.78 is 42.1. The molecule has 5 nitrogen and oxygen atoms in total. The second-order valence-electron chi connectivity index (χ2n) is 7.07. The van der Waals surface area contributed by atoms with Gasteiger partial charge < -0.3 is 4.90 Å². The minimum absolute atomic E-state index is 0.0179. The number of amides is 1. The molecular weight excluding hydrogens is 469 g/mol. The van der Waals surface area contributed by atoms with E-state index in [2.05, 4.69) is 32.9 Å². The van der Waals surface area contributed by atoms with E-state index < -0.39 is 11.9 Å². The molecule has 0 saturated carbocycles. The van der Waals surface area contributed by atoms with Gasteiger partial charge in [0.05, 0.1) is 15.0 Å². The van der Waals surface area contributed by atoms with Gasteiger partial charge in [0.1, 0.15) is 0 Å². The van der Waals surface area contributed by atoms with Crippen molar-refractivity contribution in [2.24, 2.45) is 5.92 Å². The summed E-state index contributed by atoms with van der Waals surface area (Å²) in [7, 11) is 0. The van der Waals surface area contributed by atoms with E-state index in [0.717, 1.165) is 29.8 Å². The average Bonchev–Trinajstić information content (AvgIpc) is 3.35. The first-order valence-electron chi connectivity index (χ1n) is 9.29. The van der Waals surface area contributed by atoms with Crippen LogP contribution in [0, 0.1) is 5.92 Å². The number of likely N-dealkylation sites (tertiary alicyclic amines) is 1. The third kappa shape index (κ3) is 3.79. The molecule has 0 aliphatic carbocycles. The Bertz CT molecular complexity index is 1050. The van der Waals surface area contributed by atoms with Crippen LogP contribution in [0.15, 0.2) is 28.1 Å². The minimum Gasteiger partial charge on any atom is -0.337 e. The Morgan fingerprint density at radius 2 is 2.21 bits per heavy atom. The van der Waals surface area contributed by atoms with Gasteiger partial charge in [0.25, 0.3) is 5.91 Å². The number of aromatic nitrogens is 3. The molecule has 3 aromatic heterocycles. The fraction of sp³-hybridized carbons (Fsp3) is 0.421. The van der Waals surface area contributed by atoms with Gasteiger partial charge in [0.15, 0.2) is 17.0 Å². The average molecular weight is 487 g/mol. The van der Waals surface area contributed by atoms with Crippen molar-refractivity contribution >= 4 is 38.8 Å². The zero-order valence-electron chi connectivity index (χ0n) is 15.5. The Morgan fingerprint density at radius 1 is 1.41 bits per heavy atom. The van der Waals surface area contributed by atoms with E-state index in [-0.39, 0.29) is 27.4 Å². The fourth-order valence-electron chi connectivity index (χ4n) is 3.61. The molecule has 1 amide bonds. The third-order valence-electron chi connectivity index (χ3n) is 5.18. The summed E-state index contributed by atoms with van der Waals surface area (Å²) in [4.78, 5) is 19.7. The van der Waals surface area contributed by atoms with E-state index in [1.54, 1.807) is 22.4 Å². The maximum Gasteiger partial charge on any atom is 0.433 e. The maximum absolute atomic E-state index is 13.7. The highest BCUT2D eigenvalue weighted by atomic mass is 79.9. The molecule has 1 atom stereocenters. The van der Waals surface area contributed by atoms with Crippen LogP contribution < -0.4 is 0 Å². The Labute approximate surface area is 177 Å². The summed E-state index contributed by atoms with van der Waals surface area (Å²) in [5, 5.41) is 5.80. The summed E-state index contributed by atoms with van der Waals surface area (Å²) in [5.74, 6) is 0.0316. The largest absolute Gasteiger partial charge is 0.433 e. The molecule has 4 rings (SSSR count). The van der Waals surface area contributed by atoms with Crippen LogP contribution in [0.4, 0.5) is 13.2 Å². The minimum atomic E-state index is -4.64. The van der Waals surface area contributed by atoms with Gasteiger partial charge in [-0.05, 0) is 52.2 Å². The van der Waals surface area contributed by atoms with Crippen LogP contribution in [0.1, 0.15) is 42.4 Å². The van der Waals surface area contributed by atoms with E-state index in [1.165, 1.54) is 11.3 Å². The van der Waals surface area contributed by atoms with E-state index in [9.17, 15) is 18.0 Å². The molecule has 1 aliphatic rings. The number of carbonyl (C=O) groups excluding carboxylic acids is 1. The quantitative estimate of drug-likeness (QED) is 0.490. The van der Waals surface area contributed by atoms with Gasteiger partial charge >= 0.3 is 6.18 Å². The molecule has 0 spiro atoms. The van der Waals surface area contributed by atoms with Crippen LogP contribution in [0.2, 0.25) is 0 Å². The van der Waals surface area contributed by atoms with E-state index in [1.807, 2.05) is 0 Å². The van der Waals surface area contributed by atoms with Gasteiger partial charge in [0, 0.05) is 13.1 Å². The van der Waals surface area contributed by atoms with Crippen molar-refractivity contribution in [2.75, 3.05) is 13.1 Å². The molecule has 1 unspecified atom stereocenters. The van der Waals surface area contributed by atoms with Gasteiger partial charge in [-0.25, -0.2) is 9.50 Å². The number of nitrogens with zero attached hydrogens (tertiary/aromatic N) is 4. The van der Waals surface area contributed by atoms with Crippen LogP contribution in [0.25, 0.3) is 16.2 Å². The first-order valence-corrected chi connectivity index (χ1v) is 11.0. The predicted octanol–water partition coefficient (Wildman–Crippen LogP) is 5.50. The molecule has 10 heteroatoms.